The van der Waals surface area contributed by atoms with Gasteiger partial charge in [-0.05, 0) is 31.9 Å². The van der Waals surface area contributed by atoms with Crippen LogP contribution in [0.1, 0.15) is 34.8 Å². The van der Waals surface area contributed by atoms with Crippen LogP contribution in [0, 0.1) is 6.92 Å². The number of nitrogens with one attached hydrogen (secondary N) is 1. The molecule has 4 rings (SSSR count). The van der Waals surface area contributed by atoms with Gasteiger partial charge < -0.3 is 5.32 Å². The summed E-state index contributed by atoms with van der Waals surface area (Å²) in [7, 11) is -2.96. The second-order valence-electron chi connectivity index (χ2n) is 7.02. The fraction of sp³-hybridized carbons (Fsp3) is 0.316. The molecule has 2 aromatic heterocycles. The SMILES string of the molecule is Cc1ccc(NC(=O)c2cnc3c(cnn3C3CCS(=O)(=O)CC3)c2Cl)cc1. The molecule has 0 unspecified atom stereocenters. The lowest BCUT2D eigenvalue weighted by molar-refractivity contribution is 0.102. The summed E-state index contributed by atoms with van der Waals surface area (Å²) in [6.07, 6.45) is 4.00. The van der Waals surface area contributed by atoms with Gasteiger partial charge in [0.25, 0.3) is 5.91 Å². The molecule has 28 heavy (non-hydrogen) atoms. The van der Waals surface area contributed by atoms with Gasteiger partial charge in [0.2, 0.25) is 0 Å². The summed E-state index contributed by atoms with van der Waals surface area (Å²) in [5.74, 6) is -0.0621. The fourth-order valence-electron chi connectivity index (χ4n) is 3.35. The van der Waals surface area contributed by atoms with E-state index in [-0.39, 0.29) is 34.0 Å². The summed E-state index contributed by atoms with van der Waals surface area (Å²) in [5.41, 5.74) is 2.59. The number of aryl methyl sites for hydroxylation is 1. The molecule has 0 spiro atoms. The van der Waals surface area contributed by atoms with Crippen molar-refractivity contribution >= 4 is 44.1 Å². The highest BCUT2D eigenvalue weighted by Crippen LogP contribution is 2.31. The number of hydrogen-bond acceptors (Lipinski definition) is 5. The zero-order chi connectivity index (χ0) is 19.9. The van der Waals surface area contributed by atoms with E-state index in [4.69, 9.17) is 11.6 Å². The molecule has 0 aliphatic carbocycles. The van der Waals surface area contributed by atoms with Crippen LogP contribution in [0.4, 0.5) is 5.69 Å². The van der Waals surface area contributed by atoms with Gasteiger partial charge in [0.15, 0.2) is 5.65 Å². The highest BCUT2D eigenvalue weighted by atomic mass is 35.5. The van der Waals surface area contributed by atoms with Crippen LogP contribution in [0.15, 0.2) is 36.7 Å². The maximum Gasteiger partial charge on any atom is 0.258 e. The van der Waals surface area contributed by atoms with Gasteiger partial charge in [-0.15, -0.1) is 0 Å². The first kappa shape index (κ1) is 18.9. The first-order chi connectivity index (χ1) is 13.3. The Labute approximate surface area is 167 Å². The number of halogens is 1. The zero-order valence-corrected chi connectivity index (χ0v) is 16.8. The highest BCUT2D eigenvalue weighted by molar-refractivity contribution is 7.91. The van der Waals surface area contributed by atoms with Gasteiger partial charge in [-0.2, -0.15) is 5.10 Å². The maximum atomic E-state index is 12.6. The first-order valence-corrected chi connectivity index (χ1v) is 11.1. The number of carbonyl (C=O) groups excluding carboxylic acids is 1. The molecular formula is C19H19ClN4O3S. The van der Waals surface area contributed by atoms with Gasteiger partial charge >= 0.3 is 0 Å². The van der Waals surface area contributed by atoms with Crippen molar-refractivity contribution < 1.29 is 13.2 Å². The van der Waals surface area contributed by atoms with Crippen molar-refractivity contribution in [3.63, 3.8) is 0 Å². The average Bonchev–Trinajstić information content (AvgIpc) is 3.09. The Balaban J connectivity index is 1.61. The Hall–Kier alpha value is -2.45. The fourth-order valence-corrected chi connectivity index (χ4v) is 5.08. The predicted octanol–water partition coefficient (Wildman–Crippen LogP) is 3.40. The number of sulfone groups is 1. The van der Waals surface area contributed by atoms with Gasteiger partial charge in [-0.1, -0.05) is 29.3 Å². The number of nitrogens with zero attached hydrogens (tertiary/aromatic N) is 3. The van der Waals surface area contributed by atoms with Crippen molar-refractivity contribution in [3.05, 3.63) is 52.8 Å². The summed E-state index contributed by atoms with van der Waals surface area (Å²) in [5, 5.41) is 8.04. The summed E-state index contributed by atoms with van der Waals surface area (Å²) >= 11 is 6.48. The second kappa shape index (κ2) is 7.18. The third kappa shape index (κ3) is 3.62. The maximum absolute atomic E-state index is 12.6. The Morgan fingerprint density at radius 1 is 1.18 bits per heavy atom. The number of fused-ring (bicyclic) bond motifs is 1. The molecule has 0 radical (unpaired) electrons. The number of rotatable bonds is 3. The molecule has 7 nitrogen and oxygen atoms in total. The summed E-state index contributed by atoms with van der Waals surface area (Å²) in [4.78, 5) is 17.0. The van der Waals surface area contributed by atoms with Crippen LogP contribution in [0.5, 0.6) is 0 Å². The predicted molar refractivity (Wildman–Crippen MR) is 109 cm³/mol. The number of aromatic nitrogens is 3. The molecule has 1 aliphatic rings. The van der Waals surface area contributed by atoms with Crippen LogP contribution in [0.25, 0.3) is 11.0 Å². The molecule has 1 fully saturated rings. The molecule has 1 amide bonds. The third-order valence-electron chi connectivity index (χ3n) is 4.98. The second-order valence-corrected chi connectivity index (χ2v) is 9.70. The molecule has 1 N–H and O–H groups in total. The van der Waals surface area contributed by atoms with Crippen LogP contribution < -0.4 is 5.32 Å². The largest absolute Gasteiger partial charge is 0.322 e. The minimum atomic E-state index is -2.96. The standard InChI is InChI=1S/C19H19ClN4O3S/c1-12-2-4-13(5-3-12)23-19(25)16-10-21-18-15(17(16)20)11-22-24(18)14-6-8-28(26,27)9-7-14/h2-5,10-11,14H,6-9H2,1H3,(H,23,25). The zero-order valence-electron chi connectivity index (χ0n) is 15.2. The molecule has 0 atom stereocenters. The van der Waals surface area contributed by atoms with Crippen LogP contribution in [0.3, 0.4) is 0 Å². The van der Waals surface area contributed by atoms with Gasteiger partial charge in [-0.3, -0.25) is 4.79 Å². The molecule has 3 heterocycles. The smallest absolute Gasteiger partial charge is 0.258 e. The van der Waals surface area contributed by atoms with E-state index in [9.17, 15) is 13.2 Å². The quantitative estimate of drug-likeness (QED) is 0.703. The van der Waals surface area contributed by atoms with Gasteiger partial charge in [0.05, 0.1) is 39.7 Å². The van der Waals surface area contributed by atoms with E-state index in [1.54, 1.807) is 10.9 Å². The molecule has 146 valence electrons. The average molecular weight is 419 g/mol. The van der Waals surface area contributed by atoms with E-state index in [0.29, 0.717) is 29.6 Å². The van der Waals surface area contributed by atoms with Crippen molar-refractivity contribution in [1.29, 1.82) is 0 Å². The molecule has 9 heteroatoms. The normalized spacial score (nSPS) is 16.9. The number of carbonyl (C=O) groups is 1. The molecule has 1 saturated heterocycles. The summed E-state index contributed by atoms with van der Waals surface area (Å²) < 4.78 is 25.0. The minimum Gasteiger partial charge on any atom is -0.322 e. The number of hydrogen-bond donors (Lipinski definition) is 1. The van der Waals surface area contributed by atoms with E-state index in [1.807, 2.05) is 31.2 Å². The number of benzene rings is 1. The van der Waals surface area contributed by atoms with E-state index in [0.717, 1.165) is 5.56 Å². The third-order valence-corrected chi connectivity index (χ3v) is 7.10. The molecule has 1 aliphatic heterocycles. The summed E-state index contributed by atoms with van der Waals surface area (Å²) in [6.45, 7) is 1.97. The molecule has 0 bridgehead atoms. The van der Waals surface area contributed by atoms with Crippen molar-refractivity contribution in [2.24, 2.45) is 0 Å². The van der Waals surface area contributed by atoms with E-state index in [1.165, 1.54) is 6.20 Å². The molecule has 1 aromatic carbocycles. The van der Waals surface area contributed by atoms with Crippen LogP contribution in [0.2, 0.25) is 5.02 Å². The monoisotopic (exact) mass is 418 g/mol. The van der Waals surface area contributed by atoms with E-state index in [2.05, 4.69) is 15.4 Å². The lowest BCUT2D eigenvalue weighted by Gasteiger charge is -2.22. The summed E-state index contributed by atoms with van der Waals surface area (Å²) in [6, 6.07) is 7.42. The van der Waals surface area contributed by atoms with Crippen LogP contribution in [-0.2, 0) is 9.84 Å². The van der Waals surface area contributed by atoms with Crippen molar-refractivity contribution in [3.8, 4) is 0 Å². The van der Waals surface area contributed by atoms with E-state index >= 15 is 0 Å². The van der Waals surface area contributed by atoms with Gasteiger partial charge in [0, 0.05) is 11.9 Å². The topological polar surface area (TPSA) is 93.9 Å². The number of amides is 1. The lowest BCUT2D eigenvalue weighted by atomic mass is 10.1. The highest BCUT2D eigenvalue weighted by Gasteiger charge is 2.27. The van der Waals surface area contributed by atoms with Crippen molar-refractivity contribution in [2.45, 2.75) is 25.8 Å². The van der Waals surface area contributed by atoms with Crippen LogP contribution >= 0.6 is 11.6 Å². The minimum absolute atomic E-state index is 0.0446. The van der Waals surface area contributed by atoms with Gasteiger partial charge in [0.1, 0.15) is 9.84 Å². The van der Waals surface area contributed by atoms with E-state index < -0.39 is 9.84 Å². The Bertz CT molecular complexity index is 1140. The molecule has 3 aromatic rings. The van der Waals surface area contributed by atoms with Crippen molar-refractivity contribution in [1.82, 2.24) is 14.8 Å². The van der Waals surface area contributed by atoms with Crippen LogP contribution in [-0.4, -0.2) is 40.6 Å². The Morgan fingerprint density at radius 2 is 1.86 bits per heavy atom. The Morgan fingerprint density at radius 3 is 2.54 bits per heavy atom. The number of pyridine rings is 1. The van der Waals surface area contributed by atoms with Crippen molar-refractivity contribution in [2.75, 3.05) is 16.8 Å². The Kier molecular flexibility index (Phi) is 4.84. The lowest BCUT2D eigenvalue weighted by Crippen LogP contribution is -2.26. The van der Waals surface area contributed by atoms with Gasteiger partial charge in [-0.25, -0.2) is 18.1 Å². The first-order valence-electron chi connectivity index (χ1n) is 8.94. The molecular weight excluding hydrogens is 400 g/mol. The number of anilines is 1. The molecule has 0 saturated carbocycles.